The Bertz CT molecular complexity index is 637. The molecule has 1 aromatic heterocycles. The van der Waals surface area contributed by atoms with Crippen molar-refractivity contribution in [2.24, 2.45) is 0 Å². The number of aromatic nitrogens is 1. The molecule has 1 heterocycles. The number of halogens is 1. The highest BCUT2D eigenvalue weighted by Crippen LogP contribution is 2.17. The van der Waals surface area contributed by atoms with Crippen molar-refractivity contribution < 1.29 is 9.47 Å². The predicted molar refractivity (Wildman–Crippen MR) is 72.8 cm³/mol. The van der Waals surface area contributed by atoms with E-state index in [1.165, 1.54) is 0 Å². The molecular formula is C14H17FN2O2. The molecule has 19 heavy (non-hydrogen) atoms. The molecule has 2 aromatic rings. The van der Waals surface area contributed by atoms with Gasteiger partial charge in [-0.25, -0.2) is 0 Å². The molecule has 4 nitrogen and oxygen atoms in total. The highest BCUT2D eigenvalue weighted by Gasteiger charge is 2.05. The Morgan fingerprint density at radius 2 is 2.11 bits per heavy atom. The number of fused-ring (bicyclic) bond motifs is 1. The van der Waals surface area contributed by atoms with Crippen molar-refractivity contribution in [3.8, 4) is 0 Å². The zero-order valence-electron chi connectivity index (χ0n) is 11.0. The molecule has 2 N–H and O–H groups in total. The molecule has 1 aromatic carbocycles. The first kappa shape index (κ1) is 13.7. The second-order valence-electron chi connectivity index (χ2n) is 4.66. The molecule has 0 atom stereocenters. The molecule has 0 saturated carbocycles. The van der Waals surface area contributed by atoms with Crippen molar-refractivity contribution in [1.82, 2.24) is 10.3 Å². The summed E-state index contributed by atoms with van der Waals surface area (Å²) in [6.07, 6.45) is 0. The van der Waals surface area contributed by atoms with Crippen molar-refractivity contribution in [2.75, 3.05) is 13.2 Å². The highest BCUT2D eigenvalue weighted by molar-refractivity contribution is 5.82. The van der Waals surface area contributed by atoms with Crippen molar-refractivity contribution in [3.05, 3.63) is 45.2 Å². The lowest BCUT2D eigenvalue weighted by Crippen LogP contribution is -2.23. The number of rotatable bonds is 5. The topological polar surface area (TPSA) is 54.1 Å². The van der Waals surface area contributed by atoms with E-state index in [-0.39, 0.29) is 12.2 Å². The average molecular weight is 264 g/mol. The summed E-state index contributed by atoms with van der Waals surface area (Å²) in [5, 5.41) is 3.96. The summed E-state index contributed by atoms with van der Waals surface area (Å²) in [5.74, 6) is 0. The number of H-pyrrole nitrogens is 1. The van der Waals surface area contributed by atoms with Gasteiger partial charge < -0.3 is 10.3 Å². The summed E-state index contributed by atoms with van der Waals surface area (Å²) in [6, 6.07) is 5.94. The van der Waals surface area contributed by atoms with Gasteiger partial charge in [0.2, 0.25) is 0 Å². The van der Waals surface area contributed by atoms with Crippen LogP contribution in [0.2, 0.25) is 0 Å². The lowest BCUT2D eigenvalue weighted by molar-refractivity contribution is -0.129. The van der Waals surface area contributed by atoms with Crippen LogP contribution in [0.5, 0.6) is 0 Å². The Morgan fingerprint density at radius 3 is 2.84 bits per heavy atom. The van der Waals surface area contributed by atoms with Crippen LogP contribution in [0, 0.1) is 13.8 Å². The maximum absolute atomic E-state index is 11.9. The standard InChI is InChI=1S/C14H17FN2O2/c1-9-5-10(2)13-11(6-9)7-12(14(18)17-13)8-16-3-4-19-15/h5-7,16H,3-4,8H2,1-2H3,(H,17,18). The van der Waals surface area contributed by atoms with Gasteiger partial charge in [0.15, 0.2) is 0 Å². The lowest BCUT2D eigenvalue weighted by atomic mass is 10.1. The summed E-state index contributed by atoms with van der Waals surface area (Å²) in [4.78, 5) is 18.3. The maximum Gasteiger partial charge on any atom is 0.252 e. The summed E-state index contributed by atoms with van der Waals surface area (Å²) in [5.41, 5.74) is 3.59. The van der Waals surface area contributed by atoms with Crippen LogP contribution in [-0.2, 0) is 11.5 Å². The quantitative estimate of drug-likeness (QED) is 0.813. The van der Waals surface area contributed by atoms with Gasteiger partial charge >= 0.3 is 0 Å². The molecule has 0 saturated heterocycles. The molecule has 0 amide bonds. The SMILES string of the molecule is Cc1cc(C)c2[nH]c(=O)c(CNCCOF)cc2c1. The van der Waals surface area contributed by atoms with E-state index < -0.39 is 0 Å². The van der Waals surface area contributed by atoms with Gasteiger partial charge in [0, 0.05) is 18.7 Å². The molecule has 0 fully saturated rings. The zero-order valence-corrected chi connectivity index (χ0v) is 11.0. The van der Waals surface area contributed by atoms with E-state index in [2.05, 4.69) is 15.2 Å². The minimum Gasteiger partial charge on any atom is -0.321 e. The first-order valence-corrected chi connectivity index (χ1v) is 6.19. The van der Waals surface area contributed by atoms with Crippen LogP contribution in [0.15, 0.2) is 23.0 Å². The van der Waals surface area contributed by atoms with Crippen LogP contribution >= 0.6 is 0 Å². The third-order valence-electron chi connectivity index (χ3n) is 3.04. The van der Waals surface area contributed by atoms with E-state index in [1.807, 2.05) is 32.0 Å². The van der Waals surface area contributed by atoms with E-state index in [9.17, 15) is 9.32 Å². The van der Waals surface area contributed by atoms with E-state index in [4.69, 9.17) is 0 Å². The molecule has 102 valence electrons. The van der Waals surface area contributed by atoms with Crippen LogP contribution in [0.4, 0.5) is 4.53 Å². The van der Waals surface area contributed by atoms with Crippen molar-refractivity contribution in [1.29, 1.82) is 0 Å². The molecule has 2 rings (SSSR count). The van der Waals surface area contributed by atoms with Crippen molar-refractivity contribution >= 4 is 10.9 Å². The fourth-order valence-electron chi connectivity index (χ4n) is 2.20. The van der Waals surface area contributed by atoms with Crippen LogP contribution in [0.3, 0.4) is 0 Å². The Labute approximate surface area is 110 Å². The summed E-state index contributed by atoms with van der Waals surface area (Å²) >= 11 is 0. The minimum atomic E-state index is -0.117. The number of hydrogen-bond acceptors (Lipinski definition) is 3. The average Bonchev–Trinajstić information content (AvgIpc) is 2.36. The van der Waals surface area contributed by atoms with Gasteiger partial charge in [0.05, 0.1) is 5.52 Å². The Hall–Kier alpha value is -1.72. The number of hydrogen-bond donors (Lipinski definition) is 2. The van der Waals surface area contributed by atoms with Crippen LogP contribution in [0.1, 0.15) is 16.7 Å². The maximum atomic E-state index is 11.9. The number of benzene rings is 1. The second kappa shape index (κ2) is 5.95. The summed E-state index contributed by atoms with van der Waals surface area (Å²) in [6.45, 7) is 4.72. The van der Waals surface area contributed by atoms with Crippen LogP contribution in [-0.4, -0.2) is 18.1 Å². The minimum absolute atomic E-state index is 0.0241. The van der Waals surface area contributed by atoms with Crippen LogP contribution in [0.25, 0.3) is 10.9 Å². The Kier molecular flexibility index (Phi) is 4.29. The summed E-state index contributed by atoms with van der Waals surface area (Å²) in [7, 11) is 0. The fourth-order valence-corrected chi connectivity index (χ4v) is 2.20. The van der Waals surface area contributed by atoms with Gasteiger partial charge in [-0.15, -0.1) is 0 Å². The number of aromatic amines is 1. The number of pyridine rings is 1. The molecule has 0 bridgehead atoms. The molecule has 0 aliphatic rings. The number of nitrogens with one attached hydrogen (secondary N) is 2. The van der Waals surface area contributed by atoms with Gasteiger partial charge in [0.25, 0.3) is 5.56 Å². The molecular weight excluding hydrogens is 247 g/mol. The van der Waals surface area contributed by atoms with E-state index in [0.29, 0.717) is 18.7 Å². The highest BCUT2D eigenvalue weighted by atomic mass is 19.3. The third kappa shape index (κ3) is 3.19. The predicted octanol–water partition coefficient (Wildman–Crippen LogP) is 2.14. The third-order valence-corrected chi connectivity index (χ3v) is 3.04. The smallest absolute Gasteiger partial charge is 0.252 e. The molecule has 0 aliphatic carbocycles. The van der Waals surface area contributed by atoms with Gasteiger partial charge in [-0.2, -0.15) is 4.94 Å². The van der Waals surface area contributed by atoms with Gasteiger partial charge in [-0.1, -0.05) is 11.6 Å². The normalized spacial score (nSPS) is 11.1. The first-order chi connectivity index (χ1) is 9.11. The zero-order chi connectivity index (χ0) is 13.8. The monoisotopic (exact) mass is 264 g/mol. The molecule has 5 heteroatoms. The second-order valence-corrected chi connectivity index (χ2v) is 4.66. The molecule has 0 spiro atoms. The Balaban J connectivity index is 2.30. The molecule has 0 unspecified atom stereocenters. The van der Waals surface area contributed by atoms with Gasteiger partial charge in [-0.3, -0.25) is 4.79 Å². The van der Waals surface area contributed by atoms with Gasteiger partial charge in [-0.05, 0) is 41.5 Å². The van der Waals surface area contributed by atoms with Crippen molar-refractivity contribution in [3.63, 3.8) is 0 Å². The van der Waals surface area contributed by atoms with Crippen LogP contribution < -0.4 is 10.9 Å². The fraction of sp³-hybridized carbons (Fsp3) is 0.357. The first-order valence-electron chi connectivity index (χ1n) is 6.19. The van der Waals surface area contributed by atoms with Crippen molar-refractivity contribution in [2.45, 2.75) is 20.4 Å². The number of aryl methyl sites for hydroxylation is 2. The van der Waals surface area contributed by atoms with E-state index >= 15 is 0 Å². The van der Waals surface area contributed by atoms with E-state index in [0.717, 1.165) is 22.0 Å². The van der Waals surface area contributed by atoms with E-state index in [1.54, 1.807) is 0 Å². The molecule has 0 radical (unpaired) electrons. The lowest BCUT2D eigenvalue weighted by Gasteiger charge is -2.07. The molecule has 0 aliphatic heterocycles. The van der Waals surface area contributed by atoms with Gasteiger partial charge in [0.1, 0.15) is 6.61 Å². The summed E-state index contributed by atoms with van der Waals surface area (Å²) < 4.78 is 11.5. The Morgan fingerprint density at radius 1 is 1.32 bits per heavy atom. The largest absolute Gasteiger partial charge is 0.321 e.